The first-order chi connectivity index (χ1) is 41.0. The highest BCUT2D eigenvalue weighted by atomic mass is 16.5. The molecule has 0 heterocycles. The van der Waals surface area contributed by atoms with Gasteiger partial charge in [0.25, 0.3) is 0 Å². The predicted molar refractivity (Wildman–Crippen MR) is 366 cm³/mol. The van der Waals surface area contributed by atoms with Crippen molar-refractivity contribution in [2.45, 2.75) is 456 Å². The van der Waals surface area contributed by atoms with Crippen molar-refractivity contribution in [1.29, 1.82) is 0 Å². The molecule has 0 bridgehead atoms. The zero-order chi connectivity index (χ0) is 59.9. The van der Waals surface area contributed by atoms with E-state index in [0.29, 0.717) is 25.9 Å². The van der Waals surface area contributed by atoms with E-state index in [2.05, 4.69) is 31.3 Å². The van der Waals surface area contributed by atoms with Crippen molar-refractivity contribution in [2.24, 2.45) is 0 Å². The molecule has 1 amide bonds. The van der Waals surface area contributed by atoms with Crippen LogP contribution in [0.1, 0.15) is 444 Å². The van der Waals surface area contributed by atoms with Crippen LogP contribution in [0.15, 0.2) is 12.2 Å². The number of unbranched alkanes of at least 4 members (excludes halogenated alkanes) is 60. The summed E-state index contributed by atoms with van der Waals surface area (Å²) in [6, 6.07) is -0.545. The summed E-state index contributed by atoms with van der Waals surface area (Å²) in [7, 11) is 0. The van der Waals surface area contributed by atoms with E-state index in [0.717, 1.165) is 38.5 Å². The summed E-state index contributed by atoms with van der Waals surface area (Å²) >= 11 is 0. The van der Waals surface area contributed by atoms with Crippen LogP contribution in [0.2, 0.25) is 0 Å². The Morgan fingerprint density at radius 1 is 0.325 bits per heavy atom. The summed E-state index contributed by atoms with van der Waals surface area (Å²) in [4.78, 5) is 24.7. The maximum absolute atomic E-state index is 12.6. The van der Waals surface area contributed by atoms with Crippen molar-refractivity contribution in [1.82, 2.24) is 5.32 Å². The summed E-state index contributed by atoms with van der Waals surface area (Å²) in [6.45, 7) is 5.01. The van der Waals surface area contributed by atoms with Crippen LogP contribution in [0.5, 0.6) is 0 Å². The molecule has 83 heavy (non-hydrogen) atoms. The fraction of sp³-hybridized carbons (Fsp3) is 0.948. The molecule has 2 atom stereocenters. The molecule has 0 aromatic carbocycles. The molecule has 0 radical (unpaired) electrons. The predicted octanol–water partition coefficient (Wildman–Crippen LogP) is 25.1. The molecule has 0 saturated heterocycles. The van der Waals surface area contributed by atoms with Gasteiger partial charge in [-0.05, 0) is 51.4 Å². The number of rotatable bonds is 73. The van der Waals surface area contributed by atoms with Gasteiger partial charge in [0.2, 0.25) is 5.91 Å². The van der Waals surface area contributed by atoms with Crippen molar-refractivity contribution in [3.05, 3.63) is 12.2 Å². The van der Waals surface area contributed by atoms with E-state index in [1.165, 1.54) is 372 Å². The van der Waals surface area contributed by atoms with Crippen LogP contribution < -0.4 is 5.32 Å². The number of esters is 1. The van der Waals surface area contributed by atoms with Crippen LogP contribution in [-0.2, 0) is 14.3 Å². The fourth-order valence-electron chi connectivity index (χ4n) is 12.5. The summed E-state index contributed by atoms with van der Waals surface area (Å²) in [5, 5.41) is 23.5. The molecule has 6 heteroatoms. The monoisotopic (exact) mass is 1170 g/mol. The molecule has 0 saturated carbocycles. The van der Waals surface area contributed by atoms with Crippen LogP contribution >= 0.6 is 0 Å². The number of amides is 1. The molecular weight excluding hydrogens is 1020 g/mol. The van der Waals surface area contributed by atoms with Crippen LogP contribution in [0.25, 0.3) is 0 Å². The Balaban J connectivity index is 3.37. The summed E-state index contributed by atoms with van der Waals surface area (Å²) in [5.41, 5.74) is 0. The number of nitrogens with one attached hydrogen (secondary N) is 1. The molecule has 0 rings (SSSR count). The fourth-order valence-corrected chi connectivity index (χ4v) is 12.5. The van der Waals surface area contributed by atoms with Crippen LogP contribution in [-0.4, -0.2) is 47.4 Å². The van der Waals surface area contributed by atoms with Crippen molar-refractivity contribution in [3.8, 4) is 0 Å². The Kier molecular flexibility index (Phi) is 71.8. The second-order valence-corrected chi connectivity index (χ2v) is 26.7. The minimum absolute atomic E-state index is 0.0194. The highest BCUT2D eigenvalue weighted by Crippen LogP contribution is 2.20. The summed E-state index contributed by atoms with van der Waals surface area (Å²) in [5.74, 6) is -0.0130. The van der Waals surface area contributed by atoms with Gasteiger partial charge >= 0.3 is 5.97 Å². The molecule has 0 aliphatic rings. The van der Waals surface area contributed by atoms with E-state index in [4.69, 9.17) is 4.74 Å². The minimum atomic E-state index is -0.667. The van der Waals surface area contributed by atoms with E-state index in [9.17, 15) is 19.8 Å². The molecule has 0 fully saturated rings. The third-order valence-electron chi connectivity index (χ3n) is 18.3. The molecule has 0 aliphatic carbocycles. The first-order valence-electron chi connectivity index (χ1n) is 38.4. The molecule has 6 nitrogen and oxygen atoms in total. The molecule has 0 aliphatic heterocycles. The average Bonchev–Trinajstić information content (AvgIpc) is 3.49. The second kappa shape index (κ2) is 73.1. The number of hydrogen-bond acceptors (Lipinski definition) is 5. The van der Waals surface area contributed by atoms with E-state index in [1.54, 1.807) is 0 Å². The first kappa shape index (κ1) is 81.6. The van der Waals surface area contributed by atoms with E-state index >= 15 is 0 Å². The Bertz CT molecular complexity index is 1260. The maximum atomic E-state index is 12.6. The molecular formula is C77H151NO5. The van der Waals surface area contributed by atoms with Gasteiger partial charge in [0.15, 0.2) is 0 Å². The van der Waals surface area contributed by atoms with Gasteiger partial charge in [0, 0.05) is 12.8 Å². The molecule has 2 unspecified atom stereocenters. The average molecular weight is 1170 g/mol. The number of ether oxygens (including phenoxy) is 1. The summed E-state index contributed by atoms with van der Waals surface area (Å²) in [6.07, 6.45) is 91.4. The standard InChI is InChI=1S/C77H151NO5/c1-3-5-7-9-11-13-15-17-19-21-23-24-28-31-34-37-41-45-49-53-57-61-65-69-75(80)74(73-79)78-76(81)70-66-62-58-54-50-46-42-38-35-32-29-26-25-27-30-33-36-40-44-48-52-56-60-64-68-72-83-77(82)71-67-63-59-55-51-47-43-39-22-20-18-16-14-12-10-8-6-4-2/h26,29,74-75,79-80H,3-25,27-28,30-73H2,1-2H3,(H,78,81)/b29-26-. The van der Waals surface area contributed by atoms with Crippen molar-refractivity contribution in [2.75, 3.05) is 13.2 Å². The van der Waals surface area contributed by atoms with Gasteiger partial charge in [-0.3, -0.25) is 9.59 Å². The molecule has 0 spiro atoms. The van der Waals surface area contributed by atoms with E-state index < -0.39 is 12.1 Å². The highest BCUT2D eigenvalue weighted by molar-refractivity contribution is 5.76. The van der Waals surface area contributed by atoms with Crippen LogP contribution in [0.3, 0.4) is 0 Å². The van der Waals surface area contributed by atoms with Gasteiger partial charge < -0.3 is 20.3 Å². The third kappa shape index (κ3) is 69.6. The lowest BCUT2D eigenvalue weighted by atomic mass is 10.0. The topological polar surface area (TPSA) is 95.9 Å². The first-order valence-corrected chi connectivity index (χ1v) is 38.4. The van der Waals surface area contributed by atoms with Gasteiger partial charge in [-0.2, -0.15) is 0 Å². The SMILES string of the molecule is CCCCCCCCCCCCCCCCCCCCCCCCCC(O)C(CO)NC(=O)CCCCCCCCCCC/C=C\CCCCCCCCCCCCCCOC(=O)CCCCCCCCCCCCCCCCCCCC. The van der Waals surface area contributed by atoms with Crippen LogP contribution in [0.4, 0.5) is 0 Å². The number of carbonyl (C=O) groups excluding carboxylic acids is 2. The molecule has 3 N–H and O–H groups in total. The Hall–Kier alpha value is -1.40. The maximum Gasteiger partial charge on any atom is 0.305 e. The number of aliphatic hydroxyl groups is 2. The lowest BCUT2D eigenvalue weighted by Crippen LogP contribution is -2.45. The van der Waals surface area contributed by atoms with E-state index in [-0.39, 0.29) is 18.5 Å². The quantitative estimate of drug-likeness (QED) is 0.0320. The van der Waals surface area contributed by atoms with E-state index in [1.807, 2.05) is 0 Å². The van der Waals surface area contributed by atoms with Gasteiger partial charge in [-0.1, -0.05) is 392 Å². The highest BCUT2D eigenvalue weighted by Gasteiger charge is 2.20. The molecule has 494 valence electrons. The zero-order valence-corrected chi connectivity index (χ0v) is 56.7. The normalized spacial score (nSPS) is 12.5. The smallest absolute Gasteiger partial charge is 0.305 e. The number of allylic oxidation sites excluding steroid dienone is 2. The van der Waals surface area contributed by atoms with Crippen molar-refractivity contribution < 1.29 is 24.5 Å². The lowest BCUT2D eigenvalue weighted by Gasteiger charge is -2.22. The lowest BCUT2D eigenvalue weighted by molar-refractivity contribution is -0.143. The molecule has 0 aromatic heterocycles. The van der Waals surface area contributed by atoms with Gasteiger partial charge in [0.1, 0.15) is 0 Å². The van der Waals surface area contributed by atoms with Gasteiger partial charge in [-0.15, -0.1) is 0 Å². The molecule has 0 aromatic rings. The van der Waals surface area contributed by atoms with Crippen molar-refractivity contribution >= 4 is 11.9 Å². The van der Waals surface area contributed by atoms with Gasteiger partial charge in [-0.25, -0.2) is 0 Å². The summed E-state index contributed by atoms with van der Waals surface area (Å²) < 4.78 is 5.51. The Morgan fingerprint density at radius 3 is 0.855 bits per heavy atom. The third-order valence-corrected chi connectivity index (χ3v) is 18.3. The Morgan fingerprint density at radius 2 is 0.566 bits per heavy atom. The number of carbonyl (C=O) groups is 2. The van der Waals surface area contributed by atoms with Crippen LogP contribution in [0, 0.1) is 0 Å². The zero-order valence-electron chi connectivity index (χ0n) is 56.7. The minimum Gasteiger partial charge on any atom is -0.466 e. The Labute approximate surface area is 520 Å². The number of hydrogen-bond donors (Lipinski definition) is 3. The van der Waals surface area contributed by atoms with Gasteiger partial charge in [0.05, 0.1) is 25.4 Å². The largest absolute Gasteiger partial charge is 0.466 e. The second-order valence-electron chi connectivity index (χ2n) is 26.7. The van der Waals surface area contributed by atoms with Crippen molar-refractivity contribution in [3.63, 3.8) is 0 Å². The number of aliphatic hydroxyl groups excluding tert-OH is 2.